The van der Waals surface area contributed by atoms with Gasteiger partial charge in [-0.1, -0.05) is 6.07 Å². The Morgan fingerprint density at radius 1 is 1.16 bits per heavy atom. The number of hydrogen-bond acceptors (Lipinski definition) is 7. The quantitative estimate of drug-likeness (QED) is 0.668. The van der Waals surface area contributed by atoms with Crippen LogP contribution >= 0.6 is 11.5 Å². The van der Waals surface area contributed by atoms with E-state index in [1.165, 1.54) is 11.5 Å². The smallest absolute Gasteiger partial charge is 0.205 e. The zero-order valence-electron chi connectivity index (χ0n) is 14.3. The van der Waals surface area contributed by atoms with Crippen LogP contribution in [0.2, 0.25) is 0 Å². The van der Waals surface area contributed by atoms with Crippen LogP contribution in [0.25, 0.3) is 5.65 Å². The van der Waals surface area contributed by atoms with Crippen molar-refractivity contribution >= 4 is 22.3 Å². The molecule has 0 bridgehead atoms. The van der Waals surface area contributed by atoms with Crippen LogP contribution in [-0.4, -0.2) is 63.5 Å². The first-order valence-electron chi connectivity index (χ1n) is 8.53. The van der Waals surface area contributed by atoms with Gasteiger partial charge in [-0.25, -0.2) is 9.97 Å². The lowest BCUT2D eigenvalue weighted by Crippen LogP contribution is -2.46. The van der Waals surface area contributed by atoms with Crippen LogP contribution in [0.4, 0.5) is 5.13 Å². The Morgan fingerprint density at radius 2 is 2.04 bits per heavy atom. The van der Waals surface area contributed by atoms with Crippen LogP contribution in [0.5, 0.6) is 0 Å². The number of rotatable bonds is 6. The van der Waals surface area contributed by atoms with Gasteiger partial charge in [0, 0.05) is 70.2 Å². The third kappa shape index (κ3) is 3.81. The van der Waals surface area contributed by atoms with E-state index in [-0.39, 0.29) is 0 Å². The van der Waals surface area contributed by atoms with Gasteiger partial charge in [-0.2, -0.15) is 4.37 Å². The molecule has 0 atom stereocenters. The van der Waals surface area contributed by atoms with Gasteiger partial charge in [0.15, 0.2) is 0 Å². The maximum Gasteiger partial charge on any atom is 0.205 e. The highest BCUT2D eigenvalue weighted by atomic mass is 32.1. The van der Waals surface area contributed by atoms with E-state index in [0.717, 1.165) is 61.4 Å². The van der Waals surface area contributed by atoms with E-state index < -0.39 is 0 Å². The summed E-state index contributed by atoms with van der Waals surface area (Å²) in [6, 6.07) is 6.09. The molecule has 0 saturated carbocycles. The molecule has 0 radical (unpaired) electrons. The van der Waals surface area contributed by atoms with Crippen molar-refractivity contribution in [3.8, 4) is 0 Å². The Bertz CT molecular complexity index is 790. The molecule has 1 aliphatic heterocycles. The molecule has 1 saturated heterocycles. The molecule has 3 aromatic heterocycles. The highest BCUT2D eigenvalue weighted by molar-refractivity contribution is 7.09. The molecule has 25 heavy (non-hydrogen) atoms. The van der Waals surface area contributed by atoms with Crippen LogP contribution in [-0.2, 0) is 17.7 Å². The fraction of sp³-hybridized carbons (Fsp3) is 0.471. The molecule has 0 aromatic carbocycles. The van der Waals surface area contributed by atoms with E-state index in [1.807, 2.05) is 24.4 Å². The molecule has 0 amide bonds. The summed E-state index contributed by atoms with van der Waals surface area (Å²) in [5.74, 6) is 0.883. The summed E-state index contributed by atoms with van der Waals surface area (Å²) in [4.78, 5) is 14.1. The van der Waals surface area contributed by atoms with Crippen molar-refractivity contribution < 1.29 is 4.74 Å². The minimum Gasteiger partial charge on any atom is -0.384 e. The van der Waals surface area contributed by atoms with Gasteiger partial charge >= 0.3 is 0 Å². The van der Waals surface area contributed by atoms with E-state index in [4.69, 9.17) is 9.72 Å². The van der Waals surface area contributed by atoms with Crippen LogP contribution in [0.1, 0.15) is 11.5 Å². The maximum absolute atomic E-state index is 5.09. The Kier molecular flexibility index (Phi) is 4.91. The minimum absolute atomic E-state index is 0.670. The van der Waals surface area contributed by atoms with Crippen molar-refractivity contribution in [2.24, 2.45) is 0 Å². The molecule has 4 rings (SSSR count). The summed E-state index contributed by atoms with van der Waals surface area (Å²) < 4.78 is 11.6. The molecule has 0 spiro atoms. The van der Waals surface area contributed by atoms with Gasteiger partial charge in [-0.3, -0.25) is 4.90 Å². The molecule has 3 aromatic rings. The topological polar surface area (TPSA) is 58.8 Å². The zero-order chi connectivity index (χ0) is 17.1. The van der Waals surface area contributed by atoms with Crippen molar-refractivity contribution in [1.82, 2.24) is 23.6 Å². The average Bonchev–Trinajstić information content (AvgIpc) is 3.27. The molecule has 1 fully saturated rings. The van der Waals surface area contributed by atoms with Crippen LogP contribution in [0, 0.1) is 0 Å². The molecule has 8 heteroatoms. The molecule has 132 valence electrons. The Labute approximate surface area is 151 Å². The van der Waals surface area contributed by atoms with E-state index in [0.29, 0.717) is 6.61 Å². The van der Waals surface area contributed by atoms with Gasteiger partial charge in [-0.05, 0) is 12.1 Å². The van der Waals surface area contributed by atoms with Crippen molar-refractivity contribution in [2.45, 2.75) is 13.0 Å². The summed E-state index contributed by atoms with van der Waals surface area (Å²) in [6.45, 7) is 5.55. The number of anilines is 1. The number of methoxy groups -OCH3 is 1. The summed E-state index contributed by atoms with van der Waals surface area (Å²) in [5.41, 5.74) is 2.13. The van der Waals surface area contributed by atoms with Crippen LogP contribution in [0.15, 0.2) is 30.6 Å². The van der Waals surface area contributed by atoms with E-state index >= 15 is 0 Å². The maximum atomic E-state index is 5.09. The number of imidazole rings is 1. The summed E-state index contributed by atoms with van der Waals surface area (Å²) in [6.07, 6.45) is 4.94. The normalized spacial score (nSPS) is 16.0. The van der Waals surface area contributed by atoms with Gasteiger partial charge in [0.2, 0.25) is 5.13 Å². The van der Waals surface area contributed by atoms with Gasteiger partial charge in [0.25, 0.3) is 0 Å². The van der Waals surface area contributed by atoms with Crippen LogP contribution < -0.4 is 4.90 Å². The summed E-state index contributed by atoms with van der Waals surface area (Å²) in [7, 11) is 1.70. The van der Waals surface area contributed by atoms with Gasteiger partial charge < -0.3 is 14.0 Å². The molecule has 4 heterocycles. The Morgan fingerprint density at radius 3 is 2.84 bits per heavy atom. The zero-order valence-corrected chi connectivity index (χ0v) is 15.2. The third-order valence-corrected chi connectivity index (χ3v) is 5.24. The standard InChI is InChI=1S/C17H22N6OS/c1-24-11-5-15-19-17(25-20-15)22-9-7-21(8-10-22)12-14-13-23-6-3-2-4-16(23)18-14/h2-4,6,13H,5,7-12H2,1H3. The number of pyridine rings is 1. The largest absolute Gasteiger partial charge is 0.384 e. The van der Waals surface area contributed by atoms with E-state index in [9.17, 15) is 0 Å². The number of fused-ring (bicyclic) bond motifs is 1. The minimum atomic E-state index is 0.670. The molecule has 1 aliphatic rings. The Hall–Kier alpha value is -2.03. The molecule has 7 nitrogen and oxygen atoms in total. The second kappa shape index (κ2) is 7.47. The molecular weight excluding hydrogens is 336 g/mol. The lowest BCUT2D eigenvalue weighted by Gasteiger charge is -2.33. The summed E-state index contributed by atoms with van der Waals surface area (Å²) in [5, 5.41) is 1.03. The lowest BCUT2D eigenvalue weighted by atomic mass is 10.3. The molecule has 0 unspecified atom stereocenters. The first-order chi connectivity index (χ1) is 12.3. The van der Waals surface area contributed by atoms with Crippen molar-refractivity contribution in [3.63, 3.8) is 0 Å². The van der Waals surface area contributed by atoms with Crippen LogP contribution in [0.3, 0.4) is 0 Å². The number of ether oxygens (including phenoxy) is 1. The van der Waals surface area contributed by atoms with E-state index in [1.54, 1.807) is 7.11 Å². The fourth-order valence-corrected chi connectivity index (χ4v) is 3.82. The molecule has 0 N–H and O–H groups in total. The first-order valence-corrected chi connectivity index (χ1v) is 9.30. The highest BCUT2D eigenvalue weighted by Crippen LogP contribution is 2.20. The lowest BCUT2D eigenvalue weighted by molar-refractivity contribution is 0.201. The van der Waals surface area contributed by atoms with Gasteiger partial charge in [0.05, 0.1) is 12.3 Å². The molecular formula is C17H22N6OS. The second-order valence-electron chi connectivity index (χ2n) is 6.20. The van der Waals surface area contributed by atoms with Crippen molar-refractivity contribution in [1.29, 1.82) is 0 Å². The second-order valence-corrected chi connectivity index (χ2v) is 6.93. The van der Waals surface area contributed by atoms with Gasteiger partial charge in [-0.15, -0.1) is 0 Å². The highest BCUT2D eigenvalue weighted by Gasteiger charge is 2.20. The van der Waals surface area contributed by atoms with Crippen molar-refractivity contribution in [2.75, 3.05) is 44.8 Å². The first kappa shape index (κ1) is 16.4. The number of nitrogens with zero attached hydrogens (tertiary/aromatic N) is 6. The number of aromatic nitrogens is 4. The predicted molar refractivity (Wildman–Crippen MR) is 98.2 cm³/mol. The van der Waals surface area contributed by atoms with Crippen molar-refractivity contribution in [3.05, 3.63) is 42.1 Å². The fourth-order valence-electron chi connectivity index (χ4n) is 3.06. The predicted octanol–water partition coefficient (Wildman–Crippen LogP) is 1.70. The SMILES string of the molecule is COCCc1nsc(N2CCN(Cc3cn4ccccc4n3)CC2)n1. The number of hydrogen-bond donors (Lipinski definition) is 0. The Balaban J connectivity index is 1.32. The van der Waals surface area contributed by atoms with Gasteiger partial charge in [0.1, 0.15) is 11.5 Å². The number of piperazine rings is 1. The molecule has 0 aliphatic carbocycles. The average molecular weight is 358 g/mol. The van der Waals surface area contributed by atoms with E-state index in [2.05, 4.69) is 29.8 Å². The monoisotopic (exact) mass is 358 g/mol. The summed E-state index contributed by atoms with van der Waals surface area (Å²) >= 11 is 1.49. The third-order valence-electron chi connectivity index (χ3n) is 4.43.